The zero-order chi connectivity index (χ0) is 54.8. The fourth-order valence-corrected chi connectivity index (χ4v) is 12.7. The maximum atomic E-state index is 10.3. The summed E-state index contributed by atoms with van der Waals surface area (Å²) in [7, 11) is 0. The fourth-order valence-electron chi connectivity index (χ4n) is 12.7. The van der Waals surface area contributed by atoms with Crippen molar-refractivity contribution in [3.8, 4) is 84.3 Å². The number of nitrogens with zero attached hydrogens (tertiary/aromatic N) is 4. The number of nitriles is 1. The molecule has 0 unspecified atom stereocenters. The molecule has 0 amide bonds. The van der Waals surface area contributed by atoms with E-state index in [0.717, 1.165) is 180 Å². The van der Waals surface area contributed by atoms with Crippen LogP contribution in [-0.4, -0.2) is 15.0 Å². The zero-order valence-corrected chi connectivity index (χ0v) is 45.0. The molecule has 0 saturated heterocycles. The Labute approximate surface area is 469 Å². The fraction of sp³-hybridized carbons (Fsp3) is 0.227. The van der Waals surface area contributed by atoms with Gasteiger partial charge in [-0.1, -0.05) is 165 Å². The Kier molecular flexibility index (Phi) is 13.8. The van der Waals surface area contributed by atoms with Gasteiger partial charge >= 0.3 is 0 Å². The molecule has 4 heteroatoms. The predicted octanol–water partition coefficient (Wildman–Crippen LogP) is 18.8. The van der Waals surface area contributed by atoms with Gasteiger partial charge in [0.1, 0.15) is 0 Å². The van der Waals surface area contributed by atoms with Crippen LogP contribution < -0.4 is 0 Å². The van der Waals surface area contributed by atoms with Crippen LogP contribution >= 0.6 is 0 Å². The Bertz CT molecular complexity index is 3920. The SMILES string of the molecule is [2H]C1(c2ccc(-c3ccc(CCc4cc(CCc5ccc(-c6cc(C7([2H])CCCC7)ccn6)cc5)cc(-c5ccccc5-c5ccc(-c6ccccn6)cc5-c5ccc(-c6cc7c(cc6C#N)CCC7)cc5)c4)cc3)nc2)CCCC1. The molecule has 0 radical (unpaired) electrons. The summed E-state index contributed by atoms with van der Waals surface area (Å²) in [6, 6.07) is 70.8. The van der Waals surface area contributed by atoms with Crippen molar-refractivity contribution >= 4 is 0 Å². The second-order valence-corrected chi connectivity index (χ2v) is 22.1. The molecular formula is C75H66N4. The first-order chi connectivity index (χ1) is 39.7. The van der Waals surface area contributed by atoms with E-state index >= 15 is 0 Å². The average Bonchev–Trinajstić information content (AvgIpc) is 4.35. The van der Waals surface area contributed by atoms with Crippen molar-refractivity contribution in [2.75, 3.05) is 0 Å². The standard InChI is InChI=1S/C75H66N4/c76-49-67-45-61-14-9-15-62(61)46-71(67)57-31-33-58(34-32-57)72-47-64(73-18-7-8-40-77-73)35-37-70(72)69-17-6-5-16-68(69)66-43-53(21-19-51-23-27-59(28-24-51)74-38-36-65(50-79-74)56-12-3-4-13-56)42-54(44-66)22-20-52-25-29-60(30-26-52)75-48-63(39-41-78-75)55-10-1-2-11-55/h5-8,16-18,23-48,50,55-56H,1-4,9-15,19-22H2/i55D,56D. The van der Waals surface area contributed by atoms with E-state index < -0.39 is 11.8 Å². The molecule has 3 heterocycles. The van der Waals surface area contributed by atoms with Gasteiger partial charge in [-0.05, 0) is 220 Å². The van der Waals surface area contributed by atoms with Crippen LogP contribution in [0.1, 0.15) is 122 Å². The maximum Gasteiger partial charge on any atom is 0.0998 e. The molecule has 4 nitrogen and oxygen atoms in total. The van der Waals surface area contributed by atoms with Crippen molar-refractivity contribution in [2.45, 2.75) is 108 Å². The molecule has 0 bridgehead atoms. The lowest BCUT2D eigenvalue weighted by Gasteiger charge is -2.18. The van der Waals surface area contributed by atoms with Crippen molar-refractivity contribution in [3.05, 3.63) is 257 Å². The molecule has 2 fully saturated rings. The number of aromatic nitrogens is 3. The van der Waals surface area contributed by atoms with E-state index in [1.165, 1.54) is 44.5 Å². The molecule has 13 rings (SSSR count). The van der Waals surface area contributed by atoms with Crippen LogP contribution in [0.2, 0.25) is 0 Å². The number of fused-ring (bicyclic) bond motifs is 1. The summed E-state index contributed by atoms with van der Waals surface area (Å²) in [6.07, 6.45) is 20.6. The number of hydrogen-bond acceptors (Lipinski definition) is 4. The Morgan fingerprint density at radius 2 is 0.937 bits per heavy atom. The molecule has 79 heavy (non-hydrogen) atoms. The summed E-state index contributed by atoms with van der Waals surface area (Å²) in [6.45, 7) is 0. The van der Waals surface area contributed by atoms with Gasteiger partial charge in [0.05, 0.1) is 28.7 Å². The third-order valence-corrected chi connectivity index (χ3v) is 17.1. The summed E-state index contributed by atoms with van der Waals surface area (Å²) in [5.41, 5.74) is 25.7. The average molecular weight is 1030 g/mol. The van der Waals surface area contributed by atoms with Gasteiger partial charge in [-0.25, -0.2) is 0 Å². The Morgan fingerprint density at radius 3 is 1.58 bits per heavy atom. The lowest BCUT2D eigenvalue weighted by molar-refractivity contribution is 0.719. The summed E-state index contributed by atoms with van der Waals surface area (Å²) in [5, 5.41) is 10.3. The Morgan fingerprint density at radius 1 is 0.380 bits per heavy atom. The summed E-state index contributed by atoms with van der Waals surface area (Å²) < 4.78 is 18.1. The van der Waals surface area contributed by atoms with Crippen LogP contribution in [0.25, 0.3) is 78.3 Å². The number of pyridine rings is 3. The topological polar surface area (TPSA) is 62.5 Å². The smallest absolute Gasteiger partial charge is 0.0998 e. The van der Waals surface area contributed by atoms with Crippen LogP contribution in [0.3, 0.4) is 0 Å². The molecule has 2 saturated carbocycles. The first-order valence-corrected chi connectivity index (χ1v) is 28.8. The van der Waals surface area contributed by atoms with Crippen LogP contribution in [0, 0.1) is 11.3 Å². The minimum atomic E-state index is -0.504. The van der Waals surface area contributed by atoms with E-state index in [2.05, 4.69) is 176 Å². The van der Waals surface area contributed by atoms with E-state index in [1.807, 2.05) is 36.8 Å². The minimum absolute atomic E-state index is 0.496. The third-order valence-electron chi connectivity index (χ3n) is 17.1. The van der Waals surface area contributed by atoms with Crippen LogP contribution in [-0.2, 0) is 38.5 Å². The highest BCUT2D eigenvalue weighted by atomic mass is 14.7. The highest BCUT2D eigenvalue weighted by Crippen LogP contribution is 2.43. The van der Waals surface area contributed by atoms with E-state index in [0.29, 0.717) is 0 Å². The second kappa shape index (κ2) is 22.8. The molecule has 386 valence electrons. The number of benzene rings is 7. The largest absolute Gasteiger partial charge is 0.256 e. The van der Waals surface area contributed by atoms with Gasteiger partial charge in [-0.3, -0.25) is 15.0 Å². The maximum absolute atomic E-state index is 10.3. The van der Waals surface area contributed by atoms with Crippen molar-refractivity contribution in [1.29, 1.82) is 5.26 Å². The molecule has 3 aromatic heterocycles. The van der Waals surface area contributed by atoms with E-state index in [1.54, 1.807) is 0 Å². The van der Waals surface area contributed by atoms with Gasteiger partial charge in [0.15, 0.2) is 0 Å². The number of hydrogen-bond donors (Lipinski definition) is 0. The third kappa shape index (κ3) is 11.0. The number of rotatable bonds is 15. The normalized spacial score (nSPS) is 15.5. The molecule has 10 aromatic rings. The van der Waals surface area contributed by atoms with Gasteiger partial charge in [0.25, 0.3) is 0 Å². The van der Waals surface area contributed by atoms with Crippen molar-refractivity contribution < 1.29 is 2.74 Å². The van der Waals surface area contributed by atoms with Crippen LogP contribution in [0.15, 0.2) is 207 Å². The zero-order valence-electron chi connectivity index (χ0n) is 47.0. The highest BCUT2D eigenvalue weighted by Gasteiger charge is 2.21. The first-order valence-electron chi connectivity index (χ1n) is 29.8. The lowest BCUT2D eigenvalue weighted by Crippen LogP contribution is -1.98. The van der Waals surface area contributed by atoms with Gasteiger partial charge < -0.3 is 0 Å². The van der Waals surface area contributed by atoms with E-state index in [-0.39, 0.29) is 0 Å². The van der Waals surface area contributed by atoms with E-state index in [9.17, 15) is 5.26 Å². The molecular weight excluding hydrogens is 957 g/mol. The molecule has 0 atom stereocenters. The summed E-state index contributed by atoms with van der Waals surface area (Å²) in [5.74, 6) is -1.000. The van der Waals surface area contributed by atoms with Gasteiger partial charge in [0, 0.05) is 38.0 Å². The predicted molar refractivity (Wildman–Crippen MR) is 325 cm³/mol. The van der Waals surface area contributed by atoms with Crippen LogP contribution in [0.4, 0.5) is 0 Å². The van der Waals surface area contributed by atoms with Crippen molar-refractivity contribution in [3.63, 3.8) is 0 Å². The quantitative estimate of drug-likeness (QED) is 0.103. The monoisotopic (exact) mass is 1020 g/mol. The highest BCUT2D eigenvalue weighted by molar-refractivity contribution is 5.94. The molecule has 0 aliphatic heterocycles. The van der Waals surface area contributed by atoms with Gasteiger partial charge in [-0.2, -0.15) is 5.26 Å². The Balaban J connectivity index is 0.826. The van der Waals surface area contributed by atoms with E-state index in [4.69, 9.17) is 17.7 Å². The molecule has 7 aromatic carbocycles. The van der Waals surface area contributed by atoms with Crippen LogP contribution in [0.5, 0.6) is 0 Å². The minimum Gasteiger partial charge on any atom is -0.256 e. The molecule has 3 aliphatic rings. The first kappa shape index (κ1) is 47.7. The molecule has 0 spiro atoms. The van der Waals surface area contributed by atoms with Crippen molar-refractivity contribution in [2.24, 2.45) is 0 Å². The van der Waals surface area contributed by atoms with Gasteiger partial charge in [-0.15, -0.1) is 0 Å². The van der Waals surface area contributed by atoms with Crippen molar-refractivity contribution in [1.82, 2.24) is 15.0 Å². The Hall–Kier alpha value is -8.52. The summed E-state index contributed by atoms with van der Waals surface area (Å²) in [4.78, 5) is 14.4. The molecule has 3 aliphatic carbocycles. The van der Waals surface area contributed by atoms with Gasteiger partial charge in [0.2, 0.25) is 0 Å². The summed E-state index contributed by atoms with van der Waals surface area (Å²) >= 11 is 0. The number of aryl methyl sites for hydroxylation is 6. The second-order valence-electron chi connectivity index (χ2n) is 22.1. The lowest BCUT2D eigenvalue weighted by atomic mass is 9.86. The molecule has 0 N–H and O–H groups in total.